The van der Waals surface area contributed by atoms with Gasteiger partial charge in [0.2, 0.25) is 11.8 Å². The molecular formula is C21H19FN2O3. The van der Waals surface area contributed by atoms with Crippen molar-refractivity contribution >= 4 is 17.5 Å². The number of furan rings is 1. The van der Waals surface area contributed by atoms with Gasteiger partial charge in [-0.1, -0.05) is 30.3 Å². The van der Waals surface area contributed by atoms with Crippen molar-refractivity contribution in [2.75, 3.05) is 11.9 Å². The summed E-state index contributed by atoms with van der Waals surface area (Å²) in [7, 11) is 0. The maximum absolute atomic E-state index is 13.2. The number of hydrogen-bond acceptors (Lipinski definition) is 3. The highest BCUT2D eigenvalue weighted by atomic mass is 19.1. The van der Waals surface area contributed by atoms with Crippen LogP contribution in [-0.4, -0.2) is 18.4 Å². The Morgan fingerprint density at radius 3 is 2.37 bits per heavy atom. The fourth-order valence-corrected chi connectivity index (χ4v) is 2.70. The Hall–Kier alpha value is -3.41. The number of hydrogen-bond donors (Lipinski definition) is 2. The lowest BCUT2D eigenvalue weighted by Crippen LogP contribution is -2.36. The van der Waals surface area contributed by atoms with Gasteiger partial charge in [-0.3, -0.25) is 9.59 Å². The molecule has 1 unspecified atom stereocenters. The normalized spacial score (nSPS) is 11.6. The standard InChI is InChI=1S/C21H19FN2O3/c22-16-10-8-15(9-11-16)19(13-18-7-4-12-27-18)21(26)23-14-20(25)24-17-5-2-1-3-6-17/h1-12,19H,13-14H2,(H,23,26)(H,24,25). The van der Waals surface area contributed by atoms with Crippen molar-refractivity contribution in [3.8, 4) is 0 Å². The Kier molecular flexibility index (Phi) is 5.99. The molecule has 0 fully saturated rings. The molecule has 3 aromatic rings. The van der Waals surface area contributed by atoms with Gasteiger partial charge in [0.15, 0.2) is 0 Å². The van der Waals surface area contributed by atoms with E-state index in [2.05, 4.69) is 10.6 Å². The average molecular weight is 366 g/mol. The lowest BCUT2D eigenvalue weighted by atomic mass is 9.93. The van der Waals surface area contributed by atoms with Crippen LogP contribution in [0.2, 0.25) is 0 Å². The van der Waals surface area contributed by atoms with Gasteiger partial charge in [0.05, 0.1) is 18.7 Å². The van der Waals surface area contributed by atoms with Gasteiger partial charge in [0.1, 0.15) is 11.6 Å². The van der Waals surface area contributed by atoms with Crippen LogP contribution < -0.4 is 10.6 Å². The second kappa shape index (κ2) is 8.80. The second-order valence-electron chi connectivity index (χ2n) is 6.02. The number of benzene rings is 2. The van der Waals surface area contributed by atoms with Gasteiger partial charge < -0.3 is 15.1 Å². The van der Waals surface area contributed by atoms with E-state index < -0.39 is 5.92 Å². The molecule has 2 amide bonds. The van der Waals surface area contributed by atoms with Crippen molar-refractivity contribution in [1.82, 2.24) is 5.32 Å². The van der Waals surface area contributed by atoms with E-state index in [0.717, 1.165) is 0 Å². The van der Waals surface area contributed by atoms with E-state index in [1.54, 1.807) is 36.4 Å². The van der Waals surface area contributed by atoms with Crippen LogP contribution in [-0.2, 0) is 16.0 Å². The summed E-state index contributed by atoms with van der Waals surface area (Å²) < 4.78 is 18.5. The molecule has 5 nitrogen and oxygen atoms in total. The van der Waals surface area contributed by atoms with Gasteiger partial charge in [-0.05, 0) is 42.0 Å². The van der Waals surface area contributed by atoms with Crippen LogP contribution in [0, 0.1) is 5.82 Å². The highest BCUT2D eigenvalue weighted by Crippen LogP contribution is 2.22. The maximum atomic E-state index is 13.2. The molecule has 6 heteroatoms. The monoisotopic (exact) mass is 366 g/mol. The molecule has 2 N–H and O–H groups in total. The fourth-order valence-electron chi connectivity index (χ4n) is 2.70. The van der Waals surface area contributed by atoms with E-state index >= 15 is 0 Å². The highest BCUT2D eigenvalue weighted by molar-refractivity contribution is 5.95. The van der Waals surface area contributed by atoms with Crippen molar-refractivity contribution < 1.29 is 18.4 Å². The maximum Gasteiger partial charge on any atom is 0.243 e. The summed E-state index contributed by atoms with van der Waals surface area (Å²) in [6, 6.07) is 18.2. The summed E-state index contributed by atoms with van der Waals surface area (Å²) in [6.07, 6.45) is 1.84. The lowest BCUT2D eigenvalue weighted by Gasteiger charge is -2.16. The van der Waals surface area contributed by atoms with Gasteiger partial charge in [-0.2, -0.15) is 0 Å². The Bertz CT molecular complexity index is 878. The molecule has 2 aromatic carbocycles. The Balaban J connectivity index is 1.65. The predicted molar refractivity (Wildman–Crippen MR) is 99.6 cm³/mol. The van der Waals surface area contributed by atoms with E-state index in [0.29, 0.717) is 23.4 Å². The molecule has 138 valence electrons. The number of rotatable bonds is 7. The van der Waals surface area contributed by atoms with Gasteiger partial charge in [0.25, 0.3) is 0 Å². The van der Waals surface area contributed by atoms with E-state index in [4.69, 9.17) is 4.42 Å². The molecule has 0 aliphatic heterocycles. The zero-order valence-corrected chi connectivity index (χ0v) is 14.5. The Morgan fingerprint density at radius 1 is 0.963 bits per heavy atom. The molecule has 0 saturated carbocycles. The molecule has 0 bridgehead atoms. The van der Waals surface area contributed by atoms with Gasteiger partial charge >= 0.3 is 0 Å². The predicted octanol–water partition coefficient (Wildman–Crippen LogP) is 3.50. The van der Waals surface area contributed by atoms with Crippen LogP contribution in [0.15, 0.2) is 77.4 Å². The molecule has 1 atom stereocenters. The number of carbonyl (C=O) groups is 2. The van der Waals surface area contributed by atoms with E-state index in [9.17, 15) is 14.0 Å². The summed E-state index contributed by atoms with van der Waals surface area (Å²) >= 11 is 0. The first-order valence-corrected chi connectivity index (χ1v) is 8.52. The molecule has 0 radical (unpaired) electrons. The first-order chi connectivity index (χ1) is 13.1. The molecule has 0 aliphatic carbocycles. The molecule has 27 heavy (non-hydrogen) atoms. The molecule has 1 aromatic heterocycles. The summed E-state index contributed by atoms with van der Waals surface area (Å²) in [5.74, 6) is -1.00. The molecule has 0 saturated heterocycles. The van der Waals surface area contributed by atoms with Crippen LogP contribution in [0.5, 0.6) is 0 Å². The van der Waals surface area contributed by atoms with Crippen LogP contribution in [0.1, 0.15) is 17.2 Å². The third-order valence-corrected chi connectivity index (χ3v) is 4.05. The third kappa shape index (κ3) is 5.28. The highest BCUT2D eigenvalue weighted by Gasteiger charge is 2.23. The minimum atomic E-state index is -0.596. The quantitative estimate of drug-likeness (QED) is 0.672. The summed E-state index contributed by atoms with van der Waals surface area (Å²) in [4.78, 5) is 24.7. The molecular weight excluding hydrogens is 347 g/mol. The number of para-hydroxylation sites is 1. The minimum absolute atomic E-state index is 0.163. The lowest BCUT2D eigenvalue weighted by molar-refractivity contribution is -0.125. The zero-order valence-electron chi connectivity index (χ0n) is 14.5. The van der Waals surface area contributed by atoms with Crippen LogP contribution >= 0.6 is 0 Å². The summed E-state index contributed by atoms with van der Waals surface area (Å²) in [5.41, 5.74) is 1.30. The Labute approximate surface area is 156 Å². The largest absolute Gasteiger partial charge is 0.469 e. The summed E-state index contributed by atoms with van der Waals surface area (Å²) in [6.45, 7) is -0.163. The van der Waals surface area contributed by atoms with Crippen LogP contribution in [0.3, 0.4) is 0 Å². The van der Waals surface area contributed by atoms with E-state index in [1.165, 1.54) is 18.4 Å². The minimum Gasteiger partial charge on any atom is -0.469 e. The van der Waals surface area contributed by atoms with Crippen LogP contribution in [0.25, 0.3) is 0 Å². The van der Waals surface area contributed by atoms with E-state index in [-0.39, 0.29) is 24.2 Å². The number of amides is 2. The first-order valence-electron chi connectivity index (χ1n) is 8.52. The van der Waals surface area contributed by atoms with Crippen molar-refractivity contribution in [3.05, 3.63) is 90.1 Å². The SMILES string of the molecule is O=C(CNC(=O)C(Cc1ccco1)c1ccc(F)cc1)Nc1ccccc1. The van der Waals surface area contributed by atoms with Crippen molar-refractivity contribution in [3.63, 3.8) is 0 Å². The molecule has 3 rings (SSSR count). The fraction of sp³-hybridized carbons (Fsp3) is 0.143. The molecule has 1 heterocycles. The van der Waals surface area contributed by atoms with Crippen LogP contribution in [0.4, 0.5) is 10.1 Å². The molecule has 0 spiro atoms. The second-order valence-corrected chi connectivity index (χ2v) is 6.02. The van der Waals surface area contributed by atoms with Crippen molar-refractivity contribution in [2.24, 2.45) is 0 Å². The van der Waals surface area contributed by atoms with E-state index in [1.807, 2.05) is 18.2 Å². The first kappa shape index (κ1) is 18.4. The number of carbonyl (C=O) groups excluding carboxylic acids is 2. The van der Waals surface area contributed by atoms with Gasteiger partial charge in [-0.15, -0.1) is 0 Å². The Morgan fingerprint density at radius 2 is 1.70 bits per heavy atom. The summed E-state index contributed by atoms with van der Waals surface area (Å²) in [5, 5.41) is 5.35. The smallest absolute Gasteiger partial charge is 0.243 e. The van der Waals surface area contributed by atoms with Crippen molar-refractivity contribution in [1.29, 1.82) is 0 Å². The number of halogens is 1. The molecule has 0 aliphatic rings. The van der Waals surface area contributed by atoms with Gasteiger partial charge in [-0.25, -0.2) is 4.39 Å². The third-order valence-electron chi connectivity index (χ3n) is 4.05. The average Bonchev–Trinajstić information content (AvgIpc) is 3.19. The van der Waals surface area contributed by atoms with Crippen molar-refractivity contribution in [2.45, 2.75) is 12.3 Å². The van der Waals surface area contributed by atoms with Gasteiger partial charge in [0, 0.05) is 12.1 Å². The topological polar surface area (TPSA) is 71.3 Å². The number of anilines is 1. The zero-order chi connectivity index (χ0) is 19.1. The number of nitrogens with one attached hydrogen (secondary N) is 2.